The molecule has 0 spiro atoms. The number of rotatable bonds is 3. The molecule has 27 heavy (non-hydrogen) atoms. The zero-order valence-corrected chi connectivity index (χ0v) is 16.5. The van der Waals surface area contributed by atoms with Crippen LogP contribution in [0.5, 0.6) is 5.75 Å². The van der Waals surface area contributed by atoms with Gasteiger partial charge in [0.1, 0.15) is 5.75 Å². The summed E-state index contributed by atoms with van der Waals surface area (Å²) in [6.07, 6.45) is 2.12. The van der Waals surface area contributed by atoms with Crippen molar-refractivity contribution in [1.82, 2.24) is 9.47 Å². The van der Waals surface area contributed by atoms with Crippen LogP contribution in [0.25, 0.3) is 0 Å². The highest BCUT2D eigenvalue weighted by Gasteiger charge is 2.30. The highest BCUT2D eigenvalue weighted by Crippen LogP contribution is 2.33. The number of methoxy groups -OCH3 is 1. The number of thiocarbonyl (C=S) groups is 1. The quantitative estimate of drug-likeness (QED) is 0.633. The maximum Gasteiger partial charge on any atom is 0.174 e. The van der Waals surface area contributed by atoms with E-state index in [1.54, 1.807) is 7.11 Å². The summed E-state index contributed by atoms with van der Waals surface area (Å²) in [7, 11) is 1.66. The van der Waals surface area contributed by atoms with Crippen molar-refractivity contribution < 1.29 is 4.74 Å². The lowest BCUT2D eigenvalue weighted by molar-refractivity contribution is 0.293. The molecule has 0 aliphatic carbocycles. The van der Waals surface area contributed by atoms with E-state index in [-0.39, 0.29) is 6.04 Å². The molecule has 0 amide bonds. The van der Waals surface area contributed by atoms with E-state index in [4.69, 9.17) is 28.6 Å². The molecule has 6 heteroatoms. The van der Waals surface area contributed by atoms with E-state index < -0.39 is 0 Å². The van der Waals surface area contributed by atoms with Crippen molar-refractivity contribution in [1.29, 1.82) is 0 Å². The van der Waals surface area contributed by atoms with Crippen LogP contribution < -0.4 is 10.1 Å². The Morgan fingerprint density at radius 1 is 1.11 bits per heavy atom. The van der Waals surface area contributed by atoms with Gasteiger partial charge in [-0.3, -0.25) is 0 Å². The molecule has 0 saturated heterocycles. The van der Waals surface area contributed by atoms with Gasteiger partial charge in [0.15, 0.2) is 5.11 Å². The third kappa shape index (κ3) is 3.66. The Morgan fingerprint density at radius 2 is 1.93 bits per heavy atom. The maximum absolute atomic E-state index is 6.10. The van der Waals surface area contributed by atoms with Crippen LogP contribution in [0.4, 0.5) is 5.69 Å². The molecule has 1 unspecified atom stereocenters. The lowest BCUT2D eigenvalue weighted by Crippen LogP contribution is -2.44. The van der Waals surface area contributed by atoms with Crippen LogP contribution in [-0.2, 0) is 6.54 Å². The highest BCUT2D eigenvalue weighted by atomic mass is 35.5. The summed E-state index contributed by atoms with van der Waals surface area (Å²) in [5.74, 6) is 0.796. The van der Waals surface area contributed by atoms with Crippen LogP contribution in [0.15, 0.2) is 66.9 Å². The number of hydrogen-bond acceptors (Lipinski definition) is 2. The number of benzene rings is 2. The Balaban J connectivity index is 1.65. The van der Waals surface area contributed by atoms with Gasteiger partial charge in [-0.1, -0.05) is 29.8 Å². The number of nitrogens with one attached hydrogen (secondary N) is 1. The summed E-state index contributed by atoms with van der Waals surface area (Å²) < 4.78 is 7.59. The van der Waals surface area contributed by atoms with Crippen molar-refractivity contribution in [3.05, 3.63) is 83.1 Å². The van der Waals surface area contributed by atoms with Crippen LogP contribution in [-0.4, -0.2) is 28.2 Å². The van der Waals surface area contributed by atoms with Gasteiger partial charge < -0.3 is 19.5 Å². The Morgan fingerprint density at radius 3 is 2.70 bits per heavy atom. The zero-order valence-electron chi connectivity index (χ0n) is 14.9. The van der Waals surface area contributed by atoms with Crippen LogP contribution >= 0.6 is 23.8 Å². The van der Waals surface area contributed by atoms with Crippen molar-refractivity contribution in [2.75, 3.05) is 19.0 Å². The Labute approximate surface area is 169 Å². The maximum atomic E-state index is 6.10. The predicted molar refractivity (Wildman–Crippen MR) is 114 cm³/mol. The van der Waals surface area contributed by atoms with Gasteiger partial charge in [-0.05, 0) is 54.2 Å². The lowest BCUT2D eigenvalue weighted by Gasteiger charge is -2.39. The second kappa shape index (κ2) is 7.62. The topological polar surface area (TPSA) is 29.4 Å². The molecule has 138 valence electrons. The molecular formula is C21H20ClN3OS. The van der Waals surface area contributed by atoms with Crippen molar-refractivity contribution in [2.45, 2.75) is 12.6 Å². The van der Waals surface area contributed by atoms with Crippen molar-refractivity contribution in [2.24, 2.45) is 0 Å². The number of ether oxygens (including phenoxy) is 1. The zero-order chi connectivity index (χ0) is 18.8. The molecule has 2 aromatic carbocycles. The molecule has 1 atom stereocenters. The fourth-order valence-corrected chi connectivity index (χ4v) is 3.93. The summed E-state index contributed by atoms with van der Waals surface area (Å²) >= 11 is 11.9. The van der Waals surface area contributed by atoms with Gasteiger partial charge >= 0.3 is 0 Å². The van der Waals surface area contributed by atoms with Crippen molar-refractivity contribution in [3.63, 3.8) is 0 Å². The summed E-state index contributed by atoms with van der Waals surface area (Å²) in [5.41, 5.74) is 3.29. The first-order chi connectivity index (χ1) is 13.2. The average Bonchev–Trinajstić information content (AvgIpc) is 3.17. The monoisotopic (exact) mass is 397 g/mol. The Kier molecular flexibility index (Phi) is 5.05. The second-order valence-electron chi connectivity index (χ2n) is 6.44. The minimum atomic E-state index is 0.0385. The molecule has 0 bridgehead atoms. The summed E-state index contributed by atoms with van der Waals surface area (Å²) in [5, 5.41) is 4.78. The first-order valence-electron chi connectivity index (χ1n) is 8.78. The molecule has 1 aliphatic rings. The van der Waals surface area contributed by atoms with Gasteiger partial charge in [-0.15, -0.1) is 0 Å². The summed E-state index contributed by atoms with van der Waals surface area (Å²) in [6.45, 7) is 1.72. The largest absolute Gasteiger partial charge is 0.497 e. The summed E-state index contributed by atoms with van der Waals surface area (Å²) in [4.78, 5) is 2.23. The van der Waals surface area contributed by atoms with Gasteiger partial charge in [0, 0.05) is 41.8 Å². The number of anilines is 1. The van der Waals surface area contributed by atoms with E-state index in [1.165, 1.54) is 5.69 Å². The van der Waals surface area contributed by atoms with E-state index >= 15 is 0 Å². The molecular weight excluding hydrogens is 378 g/mol. The van der Waals surface area contributed by atoms with E-state index in [1.807, 2.05) is 36.4 Å². The lowest BCUT2D eigenvalue weighted by atomic mass is 10.0. The van der Waals surface area contributed by atoms with E-state index in [0.717, 1.165) is 35.1 Å². The third-order valence-electron chi connectivity index (χ3n) is 4.81. The first kappa shape index (κ1) is 17.9. The van der Waals surface area contributed by atoms with Crippen LogP contribution in [0.3, 0.4) is 0 Å². The summed E-state index contributed by atoms with van der Waals surface area (Å²) in [6, 6.07) is 20.0. The molecule has 1 aliphatic heterocycles. The fourth-order valence-electron chi connectivity index (χ4n) is 3.49. The highest BCUT2D eigenvalue weighted by molar-refractivity contribution is 7.80. The number of hydrogen-bond donors (Lipinski definition) is 1. The molecule has 1 aromatic heterocycles. The van der Waals surface area contributed by atoms with Crippen molar-refractivity contribution >= 4 is 34.6 Å². The van der Waals surface area contributed by atoms with Crippen LogP contribution in [0.2, 0.25) is 5.02 Å². The fraction of sp³-hybridized carbons (Fsp3) is 0.190. The Hall–Kier alpha value is -2.50. The molecule has 0 saturated carbocycles. The van der Waals surface area contributed by atoms with E-state index in [0.29, 0.717) is 5.11 Å². The van der Waals surface area contributed by atoms with Gasteiger partial charge in [0.05, 0.1) is 13.2 Å². The number of halogens is 1. The van der Waals surface area contributed by atoms with Gasteiger partial charge in [-0.2, -0.15) is 0 Å². The number of fused-ring (bicyclic) bond motifs is 1. The second-order valence-corrected chi connectivity index (χ2v) is 7.26. The SMILES string of the molecule is COc1cccc(NC(=S)N2CCn3cccc3C2c2ccc(Cl)cc2)c1. The van der Waals surface area contributed by atoms with E-state index in [9.17, 15) is 0 Å². The standard InChI is InChI=1S/C21H20ClN3OS/c1-26-18-5-2-4-17(14-18)23-21(27)25-13-12-24-11-3-6-19(24)20(25)15-7-9-16(22)10-8-15/h2-11,14,20H,12-13H2,1H3,(H,23,27). The molecule has 2 heterocycles. The average molecular weight is 398 g/mol. The molecule has 0 radical (unpaired) electrons. The number of nitrogens with zero attached hydrogens (tertiary/aromatic N) is 2. The third-order valence-corrected chi connectivity index (χ3v) is 5.39. The first-order valence-corrected chi connectivity index (χ1v) is 9.56. The Bertz CT molecular complexity index is 954. The van der Waals surface area contributed by atoms with E-state index in [2.05, 4.69) is 45.2 Å². The van der Waals surface area contributed by atoms with Gasteiger partial charge in [0.2, 0.25) is 0 Å². The molecule has 0 fully saturated rings. The molecule has 1 N–H and O–H groups in total. The normalized spacial score (nSPS) is 15.9. The smallest absolute Gasteiger partial charge is 0.174 e. The minimum Gasteiger partial charge on any atom is -0.497 e. The van der Waals surface area contributed by atoms with Crippen LogP contribution in [0.1, 0.15) is 17.3 Å². The predicted octanol–water partition coefficient (Wildman–Crippen LogP) is 4.95. The van der Waals surface area contributed by atoms with Gasteiger partial charge in [0.25, 0.3) is 0 Å². The molecule has 3 aromatic rings. The van der Waals surface area contributed by atoms with Crippen LogP contribution in [0, 0.1) is 0 Å². The molecule has 4 rings (SSSR count). The minimum absolute atomic E-state index is 0.0385. The molecule has 4 nitrogen and oxygen atoms in total. The van der Waals surface area contributed by atoms with Gasteiger partial charge in [-0.25, -0.2) is 0 Å². The number of aromatic nitrogens is 1. The van der Waals surface area contributed by atoms with Crippen molar-refractivity contribution in [3.8, 4) is 5.75 Å².